The second-order valence-electron chi connectivity index (χ2n) is 3.96. The lowest BCUT2D eigenvalue weighted by atomic mass is 10.2. The first-order valence-electron chi connectivity index (χ1n) is 6.20. The summed E-state index contributed by atoms with van der Waals surface area (Å²) in [6.07, 6.45) is 0. The molecule has 0 fully saturated rings. The van der Waals surface area contributed by atoms with Gasteiger partial charge < -0.3 is 23.7 Å². The first-order chi connectivity index (χ1) is 10.1. The van der Waals surface area contributed by atoms with E-state index in [1.807, 2.05) is 0 Å². The summed E-state index contributed by atoms with van der Waals surface area (Å²) in [6, 6.07) is 5.01. The van der Waals surface area contributed by atoms with Crippen LogP contribution in [0.15, 0.2) is 22.6 Å². The Labute approximate surface area is 121 Å². The van der Waals surface area contributed by atoms with Gasteiger partial charge in [0, 0.05) is 5.56 Å². The molecule has 0 saturated carbocycles. The van der Waals surface area contributed by atoms with E-state index in [1.54, 1.807) is 25.1 Å². The van der Waals surface area contributed by atoms with Gasteiger partial charge in [-0.1, -0.05) is 0 Å². The third-order valence-corrected chi connectivity index (χ3v) is 2.70. The van der Waals surface area contributed by atoms with E-state index in [1.165, 1.54) is 14.2 Å². The van der Waals surface area contributed by atoms with Crippen molar-refractivity contribution in [1.29, 1.82) is 0 Å². The van der Waals surface area contributed by atoms with Gasteiger partial charge in [-0.3, -0.25) is 0 Å². The number of hydrogen-bond donors (Lipinski definition) is 1. The third-order valence-electron chi connectivity index (χ3n) is 2.70. The van der Waals surface area contributed by atoms with Gasteiger partial charge in [-0.05, 0) is 25.1 Å². The highest BCUT2D eigenvalue weighted by molar-refractivity contribution is 5.88. The SMILES string of the molecule is CCOc1oc(-c2ccc(OC)c(OC)c2)nc1C(=O)O. The normalized spacial score (nSPS) is 10.2. The number of carbonyl (C=O) groups is 1. The Balaban J connectivity index is 2.46. The van der Waals surface area contributed by atoms with E-state index in [4.69, 9.17) is 23.7 Å². The lowest BCUT2D eigenvalue weighted by Crippen LogP contribution is -2.01. The number of rotatable bonds is 6. The van der Waals surface area contributed by atoms with Crippen molar-refractivity contribution in [2.75, 3.05) is 20.8 Å². The zero-order valence-corrected chi connectivity index (χ0v) is 11.9. The minimum atomic E-state index is -1.21. The molecule has 21 heavy (non-hydrogen) atoms. The first-order valence-corrected chi connectivity index (χ1v) is 6.20. The Bertz CT molecular complexity index is 649. The predicted molar refractivity (Wildman–Crippen MR) is 73.2 cm³/mol. The predicted octanol–water partition coefficient (Wildman–Crippen LogP) is 2.46. The average Bonchev–Trinajstić information content (AvgIpc) is 2.91. The first kappa shape index (κ1) is 14.7. The number of carboxylic acids is 1. The largest absolute Gasteiger partial charge is 0.493 e. The number of aromatic nitrogens is 1. The van der Waals surface area contributed by atoms with Crippen molar-refractivity contribution in [3.05, 3.63) is 23.9 Å². The fourth-order valence-electron chi connectivity index (χ4n) is 1.76. The zero-order chi connectivity index (χ0) is 15.4. The van der Waals surface area contributed by atoms with Gasteiger partial charge in [-0.2, -0.15) is 4.98 Å². The quantitative estimate of drug-likeness (QED) is 0.874. The number of oxazole rings is 1. The molecule has 0 amide bonds. The summed E-state index contributed by atoms with van der Waals surface area (Å²) in [4.78, 5) is 15.1. The lowest BCUT2D eigenvalue weighted by Gasteiger charge is -2.07. The summed E-state index contributed by atoms with van der Waals surface area (Å²) in [5, 5.41) is 9.09. The minimum Gasteiger partial charge on any atom is -0.493 e. The van der Waals surface area contributed by atoms with Gasteiger partial charge in [0.15, 0.2) is 11.5 Å². The second kappa shape index (κ2) is 6.17. The van der Waals surface area contributed by atoms with Crippen LogP contribution in [0, 0.1) is 0 Å². The van der Waals surface area contributed by atoms with Crippen LogP contribution in [0.1, 0.15) is 17.4 Å². The molecule has 0 saturated heterocycles. The highest BCUT2D eigenvalue weighted by Crippen LogP contribution is 2.34. The summed E-state index contributed by atoms with van der Waals surface area (Å²) in [5.74, 6) is -0.153. The highest BCUT2D eigenvalue weighted by atomic mass is 16.6. The Morgan fingerprint density at radius 3 is 2.57 bits per heavy atom. The number of carboxylic acid groups (broad SMARTS) is 1. The molecular formula is C14H15NO6. The summed E-state index contributed by atoms with van der Waals surface area (Å²) in [7, 11) is 3.03. The van der Waals surface area contributed by atoms with E-state index < -0.39 is 5.97 Å². The van der Waals surface area contributed by atoms with Crippen molar-refractivity contribution >= 4 is 5.97 Å². The molecule has 0 atom stereocenters. The molecule has 0 aliphatic heterocycles. The van der Waals surface area contributed by atoms with E-state index in [0.29, 0.717) is 17.1 Å². The standard InChI is InChI=1S/C14H15NO6/c1-4-20-14-11(13(16)17)15-12(21-14)8-5-6-9(18-2)10(7-8)19-3/h5-7H,4H2,1-3H3,(H,16,17). The van der Waals surface area contributed by atoms with Gasteiger partial charge in [-0.15, -0.1) is 0 Å². The number of benzene rings is 1. The fourth-order valence-corrected chi connectivity index (χ4v) is 1.76. The van der Waals surface area contributed by atoms with Gasteiger partial charge >= 0.3 is 11.9 Å². The Morgan fingerprint density at radius 1 is 1.29 bits per heavy atom. The van der Waals surface area contributed by atoms with Crippen LogP contribution in [0.25, 0.3) is 11.5 Å². The average molecular weight is 293 g/mol. The maximum Gasteiger partial charge on any atom is 0.362 e. The molecule has 0 aliphatic carbocycles. The Morgan fingerprint density at radius 2 is 2.00 bits per heavy atom. The number of nitrogens with zero attached hydrogens (tertiary/aromatic N) is 1. The van der Waals surface area contributed by atoms with E-state index >= 15 is 0 Å². The Kier molecular flexibility index (Phi) is 4.32. The molecule has 7 nitrogen and oxygen atoms in total. The minimum absolute atomic E-state index is 0.116. The van der Waals surface area contributed by atoms with Crippen molar-refractivity contribution in [2.45, 2.75) is 6.92 Å². The molecule has 1 aromatic heterocycles. The molecule has 112 valence electrons. The molecule has 2 rings (SSSR count). The molecule has 2 aromatic rings. The molecule has 1 aromatic carbocycles. The molecule has 1 heterocycles. The lowest BCUT2D eigenvalue weighted by molar-refractivity contribution is 0.0683. The van der Waals surface area contributed by atoms with Crippen LogP contribution in [0.2, 0.25) is 0 Å². The molecule has 0 unspecified atom stereocenters. The van der Waals surface area contributed by atoms with Crippen LogP contribution in [-0.4, -0.2) is 36.9 Å². The molecule has 0 aliphatic rings. The number of aromatic carboxylic acids is 1. The molecule has 0 spiro atoms. The fraction of sp³-hybridized carbons (Fsp3) is 0.286. The van der Waals surface area contributed by atoms with E-state index in [9.17, 15) is 4.79 Å². The number of hydrogen-bond acceptors (Lipinski definition) is 6. The molecule has 7 heteroatoms. The van der Waals surface area contributed by atoms with Crippen molar-refractivity contribution in [3.63, 3.8) is 0 Å². The van der Waals surface area contributed by atoms with Crippen LogP contribution >= 0.6 is 0 Å². The van der Waals surface area contributed by atoms with Crippen molar-refractivity contribution in [3.8, 4) is 28.9 Å². The van der Waals surface area contributed by atoms with Gasteiger partial charge in [-0.25, -0.2) is 4.79 Å². The number of ether oxygens (including phenoxy) is 3. The van der Waals surface area contributed by atoms with Crippen LogP contribution in [0.4, 0.5) is 0 Å². The molecule has 0 radical (unpaired) electrons. The smallest absolute Gasteiger partial charge is 0.362 e. The van der Waals surface area contributed by atoms with Gasteiger partial charge in [0.1, 0.15) is 0 Å². The van der Waals surface area contributed by atoms with Crippen molar-refractivity contribution in [2.24, 2.45) is 0 Å². The van der Waals surface area contributed by atoms with Crippen LogP contribution in [0.3, 0.4) is 0 Å². The second-order valence-corrected chi connectivity index (χ2v) is 3.96. The summed E-state index contributed by atoms with van der Waals surface area (Å²) < 4.78 is 20.8. The summed E-state index contributed by atoms with van der Waals surface area (Å²) in [6.45, 7) is 2.01. The molecule has 0 bridgehead atoms. The van der Waals surface area contributed by atoms with Crippen LogP contribution in [-0.2, 0) is 0 Å². The third kappa shape index (κ3) is 2.91. The van der Waals surface area contributed by atoms with Gasteiger partial charge in [0.05, 0.1) is 20.8 Å². The van der Waals surface area contributed by atoms with E-state index in [2.05, 4.69) is 4.98 Å². The summed E-state index contributed by atoms with van der Waals surface area (Å²) in [5.41, 5.74) is 0.294. The topological polar surface area (TPSA) is 91.0 Å². The van der Waals surface area contributed by atoms with Crippen molar-refractivity contribution in [1.82, 2.24) is 4.98 Å². The van der Waals surface area contributed by atoms with Gasteiger partial charge in [0.2, 0.25) is 11.6 Å². The summed E-state index contributed by atoms with van der Waals surface area (Å²) >= 11 is 0. The molecule has 1 N–H and O–H groups in total. The zero-order valence-electron chi connectivity index (χ0n) is 11.9. The maximum atomic E-state index is 11.1. The van der Waals surface area contributed by atoms with E-state index in [0.717, 1.165) is 0 Å². The van der Waals surface area contributed by atoms with Crippen LogP contribution < -0.4 is 14.2 Å². The van der Waals surface area contributed by atoms with Crippen LogP contribution in [0.5, 0.6) is 17.4 Å². The Hall–Kier alpha value is -2.70. The highest BCUT2D eigenvalue weighted by Gasteiger charge is 2.22. The maximum absolute atomic E-state index is 11.1. The number of methoxy groups -OCH3 is 2. The molecular weight excluding hydrogens is 278 g/mol. The van der Waals surface area contributed by atoms with E-state index in [-0.39, 0.29) is 24.1 Å². The monoisotopic (exact) mass is 293 g/mol. The van der Waals surface area contributed by atoms with Gasteiger partial charge in [0.25, 0.3) is 0 Å². The van der Waals surface area contributed by atoms with Crippen molar-refractivity contribution < 1.29 is 28.5 Å².